The molecule has 0 saturated heterocycles. The molecule has 1 aromatic rings. The first kappa shape index (κ1) is 14.0. The van der Waals surface area contributed by atoms with Crippen molar-refractivity contribution in [3.63, 3.8) is 0 Å². The Balaban J connectivity index is 2.77. The lowest BCUT2D eigenvalue weighted by Gasteiger charge is -2.25. The van der Waals surface area contributed by atoms with Crippen molar-refractivity contribution in [2.24, 2.45) is 0 Å². The molecule has 0 aliphatic heterocycles. The maximum absolute atomic E-state index is 5.11. The largest absolute Gasteiger partial charge is 0.385 e. The molecule has 0 radical (unpaired) electrons. The van der Waals surface area contributed by atoms with Crippen LogP contribution in [0.3, 0.4) is 0 Å². The smallest absolute Gasteiger partial charge is 0.0481 e. The molecule has 0 heterocycles. The zero-order chi connectivity index (χ0) is 12.9. The van der Waals surface area contributed by atoms with Crippen molar-refractivity contribution in [3.8, 4) is 0 Å². The quantitative estimate of drug-likeness (QED) is 0.837. The first-order valence-corrected chi connectivity index (χ1v) is 6.30. The molecule has 0 spiro atoms. The molecule has 1 atom stereocenters. The van der Waals surface area contributed by atoms with Gasteiger partial charge in [0.25, 0.3) is 0 Å². The fourth-order valence-electron chi connectivity index (χ4n) is 1.90. The van der Waals surface area contributed by atoms with Crippen LogP contribution in [0.4, 0.5) is 5.69 Å². The minimum atomic E-state index is 0.171. The highest BCUT2D eigenvalue weighted by atomic mass is 16.5. The Morgan fingerprint density at radius 2 is 1.88 bits per heavy atom. The summed E-state index contributed by atoms with van der Waals surface area (Å²) in [6.07, 6.45) is 1.02. The molecule has 0 amide bonds. The molecule has 0 aromatic heterocycles. The summed E-state index contributed by atoms with van der Waals surface area (Å²) in [5.74, 6) is 0. The third kappa shape index (κ3) is 4.39. The molecule has 1 unspecified atom stereocenters. The molecule has 1 N–H and O–H groups in total. The average molecular weight is 235 g/mol. The van der Waals surface area contributed by atoms with Crippen LogP contribution < -0.4 is 5.32 Å². The van der Waals surface area contributed by atoms with Crippen molar-refractivity contribution >= 4 is 5.69 Å². The minimum absolute atomic E-state index is 0.171. The van der Waals surface area contributed by atoms with Gasteiger partial charge in [-0.15, -0.1) is 0 Å². The molecule has 96 valence electrons. The second-order valence-electron chi connectivity index (χ2n) is 5.62. The van der Waals surface area contributed by atoms with E-state index in [1.165, 1.54) is 11.3 Å². The Labute approximate surface area is 105 Å². The zero-order valence-corrected chi connectivity index (χ0v) is 11.7. The van der Waals surface area contributed by atoms with E-state index in [0.29, 0.717) is 6.04 Å². The minimum Gasteiger partial charge on any atom is -0.385 e. The van der Waals surface area contributed by atoms with E-state index >= 15 is 0 Å². The molecule has 2 heteroatoms. The third-order valence-corrected chi connectivity index (χ3v) is 2.89. The van der Waals surface area contributed by atoms with E-state index in [2.05, 4.69) is 57.3 Å². The lowest BCUT2D eigenvalue weighted by Crippen LogP contribution is -2.21. The number of hydrogen-bond acceptors (Lipinski definition) is 2. The van der Waals surface area contributed by atoms with Crippen molar-refractivity contribution in [1.82, 2.24) is 0 Å². The molecule has 0 aliphatic rings. The van der Waals surface area contributed by atoms with Crippen LogP contribution in [0.1, 0.15) is 39.7 Å². The van der Waals surface area contributed by atoms with Gasteiger partial charge in [-0.25, -0.2) is 0 Å². The predicted molar refractivity (Wildman–Crippen MR) is 74.7 cm³/mol. The summed E-state index contributed by atoms with van der Waals surface area (Å²) in [4.78, 5) is 0. The number of rotatable bonds is 5. The van der Waals surface area contributed by atoms with Gasteiger partial charge in [0.15, 0.2) is 0 Å². The molecule has 17 heavy (non-hydrogen) atoms. The summed E-state index contributed by atoms with van der Waals surface area (Å²) >= 11 is 0. The van der Waals surface area contributed by atoms with Crippen molar-refractivity contribution in [1.29, 1.82) is 0 Å². The molecule has 1 aromatic carbocycles. The van der Waals surface area contributed by atoms with Crippen LogP contribution in [-0.4, -0.2) is 19.8 Å². The van der Waals surface area contributed by atoms with Gasteiger partial charge in [0, 0.05) is 25.4 Å². The van der Waals surface area contributed by atoms with Crippen LogP contribution in [-0.2, 0) is 10.2 Å². The monoisotopic (exact) mass is 235 g/mol. The highest BCUT2D eigenvalue weighted by Gasteiger charge is 2.17. The molecule has 0 bridgehead atoms. The van der Waals surface area contributed by atoms with Crippen molar-refractivity contribution < 1.29 is 4.74 Å². The first-order valence-electron chi connectivity index (χ1n) is 6.30. The van der Waals surface area contributed by atoms with Gasteiger partial charge >= 0.3 is 0 Å². The van der Waals surface area contributed by atoms with Crippen LogP contribution in [0.5, 0.6) is 0 Å². The van der Waals surface area contributed by atoms with Gasteiger partial charge in [0.2, 0.25) is 0 Å². The van der Waals surface area contributed by atoms with Crippen LogP contribution in [0.25, 0.3) is 0 Å². The van der Waals surface area contributed by atoms with Crippen molar-refractivity contribution in [2.45, 2.75) is 45.6 Å². The van der Waals surface area contributed by atoms with E-state index in [-0.39, 0.29) is 5.41 Å². The van der Waals surface area contributed by atoms with Gasteiger partial charge in [0.05, 0.1) is 0 Å². The fourth-order valence-corrected chi connectivity index (χ4v) is 1.90. The number of benzene rings is 1. The highest BCUT2D eigenvalue weighted by Crippen LogP contribution is 2.29. The molecule has 0 saturated carbocycles. The number of methoxy groups -OCH3 is 1. The maximum atomic E-state index is 5.11. The number of para-hydroxylation sites is 1. The Hall–Kier alpha value is -1.02. The topological polar surface area (TPSA) is 21.3 Å². The number of ether oxygens (including phenoxy) is 1. The number of anilines is 1. The fraction of sp³-hybridized carbons (Fsp3) is 0.600. The molecular formula is C15H25NO. The van der Waals surface area contributed by atoms with Crippen LogP contribution in [0.15, 0.2) is 24.3 Å². The normalized spacial score (nSPS) is 13.5. The van der Waals surface area contributed by atoms with E-state index in [1.807, 2.05) is 0 Å². The average Bonchev–Trinajstić information content (AvgIpc) is 2.25. The van der Waals surface area contributed by atoms with Gasteiger partial charge in [-0.1, -0.05) is 39.0 Å². The van der Waals surface area contributed by atoms with Gasteiger partial charge in [-0.3, -0.25) is 0 Å². The second kappa shape index (κ2) is 6.06. The molecule has 1 rings (SSSR count). The summed E-state index contributed by atoms with van der Waals surface area (Å²) in [6.45, 7) is 9.72. The molecular weight excluding hydrogens is 210 g/mol. The third-order valence-electron chi connectivity index (χ3n) is 2.89. The predicted octanol–water partition coefficient (Wildman–Crippen LogP) is 3.82. The molecule has 2 nitrogen and oxygen atoms in total. The van der Waals surface area contributed by atoms with E-state index in [9.17, 15) is 0 Å². The summed E-state index contributed by atoms with van der Waals surface area (Å²) in [6, 6.07) is 8.97. The van der Waals surface area contributed by atoms with Gasteiger partial charge in [0.1, 0.15) is 0 Å². The number of nitrogens with one attached hydrogen (secondary N) is 1. The molecule has 0 fully saturated rings. The Morgan fingerprint density at radius 3 is 2.47 bits per heavy atom. The van der Waals surface area contributed by atoms with Gasteiger partial charge in [-0.05, 0) is 30.4 Å². The standard InChI is InChI=1S/C15H25NO/c1-12(10-11-17-5)16-14-9-7-6-8-13(14)15(2,3)4/h6-9,12,16H,10-11H2,1-5H3. The van der Waals surface area contributed by atoms with Crippen LogP contribution >= 0.6 is 0 Å². The van der Waals surface area contributed by atoms with E-state index < -0.39 is 0 Å². The van der Waals surface area contributed by atoms with E-state index in [1.54, 1.807) is 7.11 Å². The lowest BCUT2D eigenvalue weighted by atomic mass is 9.85. The number of hydrogen-bond donors (Lipinski definition) is 1. The summed E-state index contributed by atoms with van der Waals surface area (Å²) in [5, 5.41) is 3.57. The van der Waals surface area contributed by atoms with E-state index in [0.717, 1.165) is 13.0 Å². The Kier molecular flexibility index (Phi) is 5.01. The lowest BCUT2D eigenvalue weighted by molar-refractivity contribution is 0.191. The Bertz CT molecular complexity index is 341. The van der Waals surface area contributed by atoms with E-state index in [4.69, 9.17) is 4.74 Å². The Morgan fingerprint density at radius 1 is 1.24 bits per heavy atom. The van der Waals surface area contributed by atoms with Crippen molar-refractivity contribution in [3.05, 3.63) is 29.8 Å². The second-order valence-corrected chi connectivity index (χ2v) is 5.62. The summed E-state index contributed by atoms with van der Waals surface area (Å²) in [5.41, 5.74) is 2.78. The van der Waals surface area contributed by atoms with Gasteiger partial charge in [-0.2, -0.15) is 0 Å². The summed E-state index contributed by atoms with van der Waals surface area (Å²) in [7, 11) is 1.75. The first-order chi connectivity index (χ1) is 7.95. The van der Waals surface area contributed by atoms with Crippen LogP contribution in [0.2, 0.25) is 0 Å². The molecule has 0 aliphatic carbocycles. The SMILES string of the molecule is COCCC(C)Nc1ccccc1C(C)(C)C. The highest BCUT2D eigenvalue weighted by molar-refractivity contribution is 5.54. The van der Waals surface area contributed by atoms with Gasteiger partial charge < -0.3 is 10.1 Å². The maximum Gasteiger partial charge on any atom is 0.0481 e. The van der Waals surface area contributed by atoms with Crippen molar-refractivity contribution in [2.75, 3.05) is 19.0 Å². The zero-order valence-electron chi connectivity index (χ0n) is 11.7. The summed E-state index contributed by atoms with van der Waals surface area (Å²) < 4.78 is 5.11. The van der Waals surface area contributed by atoms with Crippen LogP contribution in [0, 0.1) is 0 Å².